The number of hydrogen-bond donors (Lipinski definition) is 1. The Kier molecular flexibility index (Phi) is 3.64. The maximum absolute atomic E-state index is 12.1. The van der Waals surface area contributed by atoms with Crippen molar-refractivity contribution in [2.75, 3.05) is 26.7 Å². The van der Waals surface area contributed by atoms with Crippen LogP contribution in [-0.2, 0) is 4.79 Å². The molecule has 3 heteroatoms. The Morgan fingerprint density at radius 2 is 2.00 bits per heavy atom. The van der Waals surface area contributed by atoms with Crippen molar-refractivity contribution in [3.8, 4) is 0 Å². The van der Waals surface area contributed by atoms with Crippen molar-refractivity contribution in [1.82, 2.24) is 10.2 Å². The molecule has 0 unspecified atom stereocenters. The Bertz CT molecular complexity index is 297. The Labute approximate surface area is 97.9 Å². The summed E-state index contributed by atoms with van der Waals surface area (Å²) in [6.07, 6.45) is 5.29. The minimum Gasteiger partial charge on any atom is -0.342 e. The molecule has 0 radical (unpaired) electrons. The lowest BCUT2D eigenvalue weighted by Crippen LogP contribution is -2.39. The number of carbonyl (C=O) groups is 1. The van der Waals surface area contributed by atoms with E-state index in [0.717, 1.165) is 31.1 Å². The van der Waals surface area contributed by atoms with Crippen LogP contribution in [0.15, 0.2) is 11.1 Å². The zero-order valence-electron chi connectivity index (χ0n) is 10.4. The van der Waals surface area contributed by atoms with E-state index < -0.39 is 0 Å². The average molecular weight is 222 g/mol. The molecule has 1 aliphatic carbocycles. The predicted octanol–water partition coefficient (Wildman–Crippen LogP) is 1.55. The Morgan fingerprint density at radius 1 is 1.38 bits per heavy atom. The summed E-state index contributed by atoms with van der Waals surface area (Å²) < 4.78 is 0. The molecule has 1 saturated heterocycles. The van der Waals surface area contributed by atoms with Crippen LogP contribution in [0.2, 0.25) is 0 Å². The molecule has 1 amide bonds. The van der Waals surface area contributed by atoms with E-state index in [1.54, 1.807) is 0 Å². The number of amides is 1. The van der Waals surface area contributed by atoms with Crippen molar-refractivity contribution in [2.45, 2.75) is 32.6 Å². The maximum atomic E-state index is 12.1. The maximum Gasteiger partial charge on any atom is 0.249 e. The fourth-order valence-corrected chi connectivity index (χ4v) is 2.62. The number of nitrogens with one attached hydrogen (secondary N) is 1. The summed E-state index contributed by atoms with van der Waals surface area (Å²) in [5.74, 6) is 0.967. The van der Waals surface area contributed by atoms with Gasteiger partial charge in [0.15, 0.2) is 0 Å². The Balaban J connectivity index is 1.88. The average Bonchev–Trinajstić information content (AvgIpc) is 2.66. The largest absolute Gasteiger partial charge is 0.342 e. The molecule has 1 N–H and O–H groups in total. The number of hydrogen-bond acceptors (Lipinski definition) is 2. The summed E-state index contributed by atoms with van der Waals surface area (Å²) in [7, 11) is 1.94. The first kappa shape index (κ1) is 11.6. The van der Waals surface area contributed by atoms with Crippen LogP contribution in [0, 0.1) is 5.92 Å². The molecule has 2 fully saturated rings. The summed E-state index contributed by atoms with van der Waals surface area (Å²) in [5.41, 5.74) is 2.24. The molecule has 1 saturated carbocycles. The highest BCUT2D eigenvalue weighted by Crippen LogP contribution is 2.25. The van der Waals surface area contributed by atoms with Gasteiger partial charge in [0.2, 0.25) is 5.91 Å². The van der Waals surface area contributed by atoms with Crippen molar-refractivity contribution in [3.05, 3.63) is 11.1 Å². The third-order valence-corrected chi connectivity index (χ3v) is 3.88. The molecule has 0 aromatic carbocycles. The fraction of sp³-hybridized carbons (Fsp3) is 0.769. The topological polar surface area (TPSA) is 32.3 Å². The van der Waals surface area contributed by atoms with Gasteiger partial charge in [-0.15, -0.1) is 0 Å². The number of nitrogens with zero attached hydrogens (tertiary/aromatic N) is 1. The fourth-order valence-electron chi connectivity index (χ4n) is 2.62. The highest BCUT2D eigenvalue weighted by Gasteiger charge is 2.22. The van der Waals surface area contributed by atoms with Crippen LogP contribution < -0.4 is 5.32 Å². The highest BCUT2D eigenvalue weighted by molar-refractivity contribution is 5.93. The number of carbonyl (C=O) groups excluding carboxylic acids is 1. The summed E-state index contributed by atoms with van der Waals surface area (Å²) >= 11 is 0. The SMILES string of the molecule is CC(C(=O)N(C)CC1CCCC1)=C1CNC1. The molecule has 2 aliphatic rings. The van der Waals surface area contributed by atoms with Gasteiger partial charge in [-0.25, -0.2) is 0 Å². The van der Waals surface area contributed by atoms with Gasteiger partial charge >= 0.3 is 0 Å². The third kappa shape index (κ3) is 2.46. The zero-order chi connectivity index (χ0) is 11.5. The minimum absolute atomic E-state index is 0.225. The van der Waals surface area contributed by atoms with Crippen LogP contribution in [0.1, 0.15) is 32.6 Å². The van der Waals surface area contributed by atoms with E-state index in [1.807, 2.05) is 18.9 Å². The van der Waals surface area contributed by atoms with E-state index in [1.165, 1.54) is 31.3 Å². The predicted molar refractivity (Wildman–Crippen MR) is 65.2 cm³/mol. The summed E-state index contributed by atoms with van der Waals surface area (Å²) in [4.78, 5) is 14.0. The summed E-state index contributed by atoms with van der Waals surface area (Å²) in [5, 5.41) is 3.18. The molecular weight excluding hydrogens is 200 g/mol. The zero-order valence-corrected chi connectivity index (χ0v) is 10.4. The quantitative estimate of drug-likeness (QED) is 0.735. The van der Waals surface area contributed by atoms with Gasteiger partial charge in [0.05, 0.1) is 0 Å². The molecule has 0 atom stereocenters. The Hall–Kier alpha value is -0.830. The Morgan fingerprint density at radius 3 is 2.50 bits per heavy atom. The molecule has 90 valence electrons. The molecule has 2 rings (SSSR count). The van der Waals surface area contributed by atoms with E-state index in [0.29, 0.717) is 0 Å². The first-order chi connectivity index (χ1) is 7.68. The standard InChI is InChI=1S/C13H22N2O/c1-10(12-7-14-8-12)13(16)15(2)9-11-5-3-4-6-11/h11,14H,3-9H2,1-2H3. The van der Waals surface area contributed by atoms with E-state index in [-0.39, 0.29) is 5.91 Å². The second-order valence-corrected chi connectivity index (χ2v) is 5.17. The van der Waals surface area contributed by atoms with Gasteiger partial charge in [-0.3, -0.25) is 4.79 Å². The van der Waals surface area contributed by atoms with Crippen LogP contribution in [0.3, 0.4) is 0 Å². The van der Waals surface area contributed by atoms with Crippen LogP contribution in [0.4, 0.5) is 0 Å². The first-order valence-corrected chi connectivity index (χ1v) is 6.33. The van der Waals surface area contributed by atoms with Crippen molar-refractivity contribution in [3.63, 3.8) is 0 Å². The highest BCUT2D eigenvalue weighted by atomic mass is 16.2. The van der Waals surface area contributed by atoms with Gasteiger partial charge in [0.1, 0.15) is 0 Å². The van der Waals surface area contributed by atoms with Crippen molar-refractivity contribution in [1.29, 1.82) is 0 Å². The molecule has 1 heterocycles. The number of rotatable bonds is 3. The lowest BCUT2D eigenvalue weighted by atomic mass is 10.0. The van der Waals surface area contributed by atoms with Crippen molar-refractivity contribution < 1.29 is 4.79 Å². The van der Waals surface area contributed by atoms with Gasteiger partial charge in [-0.2, -0.15) is 0 Å². The lowest BCUT2D eigenvalue weighted by Gasteiger charge is -2.26. The second kappa shape index (κ2) is 5.00. The van der Waals surface area contributed by atoms with Crippen molar-refractivity contribution in [2.24, 2.45) is 5.92 Å². The molecule has 0 spiro atoms. The minimum atomic E-state index is 0.225. The van der Waals surface area contributed by atoms with Crippen LogP contribution in [0.5, 0.6) is 0 Å². The first-order valence-electron chi connectivity index (χ1n) is 6.33. The molecule has 0 aromatic heterocycles. The van der Waals surface area contributed by atoms with Gasteiger partial charge in [0.25, 0.3) is 0 Å². The van der Waals surface area contributed by atoms with E-state index in [2.05, 4.69) is 5.32 Å². The molecule has 0 bridgehead atoms. The van der Waals surface area contributed by atoms with Crippen LogP contribution >= 0.6 is 0 Å². The molecular formula is C13H22N2O. The molecule has 1 aliphatic heterocycles. The van der Waals surface area contributed by atoms with Gasteiger partial charge in [-0.1, -0.05) is 12.8 Å². The van der Waals surface area contributed by atoms with E-state index in [4.69, 9.17) is 0 Å². The van der Waals surface area contributed by atoms with E-state index in [9.17, 15) is 4.79 Å². The van der Waals surface area contributed by atoms with Crippen LogP contribution in [-0.4, -0.2) is 37.5 Å². The molecule has 3 nitrogen and oxygen atoms in total. The van der Waals surface area contributed by atoms with E-state index >= 15 is 0 Å². The van der Waals surface area contributed by atoms with Gasteiger partial charge in [0, 0.05) is 32.3 Å². The number of likely N-dealkylation sites (N-methyl/N-ethyl adjacent to an activating group) is 1. The normalized spacial score (nSPS) is 20.8. The van der Waals surface area contributed by atoms with Gasteiger partial charge < -0.3 is 10.2 Å². The second-order valence-electron chi connectivity index (χ2n) is 5.17. The smallest absolute Gasteiger partial charge is 0.249 e. The molecule has 16 heavy (non-hydrogen) atoms. The summed E-state index contributed by atoms with van der Waals surface area (Å²) in [6.45, 7) is 4.70. The van der Waals surface area contributed by atoms with Gasteiger partial charge in [-0.05, 0) is 31.3 Å². The monoisotopic (exact) mass is 222 g/mol. The van der Waals surface area contributed by atoms with Crippen LogP contribution in [0.25, 0.3) is 0 Å². The third-order valence-electron chi connectivity index (χ3n) is 3.88. The van der Waals surface area contributed by atoms with Crippen molar-refractivity contribution >= 4 is 5.91 Å². The summed E-state index contributed by atoms with van der Waals surface area (Å²) in [6, 6.07) is 0. The molecule has 0 aromatic rings. The lowest BCUT2D eigenvalue weighted by molar-refractivity contribution is -0.126.